The zero-order valence-electron chi connectivity index (χ0n) is 8.05. The molecule has 3 fully saturated rings. The minimum atomic E-state index is -1.43. The van der Waals surface area contributed by atoms with E-state index in [0.717, 1.165) is 12.8 Å². The molecule has 0 aromatic rings. The van der Waals surface area contributed by atoms with E-state index in [4.69, 9.17) is 0 Å². The van der Waals surface area contributed by atoms with Crippen LogP contribution in [0.5, 0.6) is 0 Å². The Bertz CT molecular complexity index is 335. The van der Waals surface area contributed by atoms with E-state index in [1.54, 1.807) is 0 Å². The Balaban J connectivity index is 1.85. The van der Waals surface area contributed by atoms with Gasteiger partial charge in [-0.1, -0.05) is 11.6 Å². The number of allylic oxidation sites excluding steroid dienone is 2. The van der Waals surface area contributed by atoms with Crippen molar-refractivity contribution in [3.8, 4) is 0 Å². The van der Waals surface area contributed by atoms with Crippen molar-refractivity contribution in [2.75, 3.05) is 0 Å². The molecule has 0 heterocycles. The molecule has 0 aromatic heterocycles. The lowest BCUT2D eigenvalue weighted by Crippen LogP contribution is -2.43. The van der Waals surface area contributed by atoms with Gasteiger partial charge in [0.2, 0.25) is 0 Å². The SMILES string of the molecule is FC1CC2CC1(F)C1C3CC=C(C3)C21. The normalized spacial score (nSPS) is 63.3. The first-order chi connectivity index (χ1) is 6.70. The first-order valence-corrected chi connectivity index (χ1v) is 5.72. The Labute approximate surface area is 82.4 Å². The smallest absolute Gasteiger partial charge is 0.145 e. The van der Waals surface area contributed by atoms with E-state index in [-0.39, 0.29) is 5.92 Å². The number of rotatable bonds is 0. The van der Waals surface area contributed by atoms with Gasteiger partial charge >= 0.3 is 0 Å². The fraction of sp³-hybridized carbons (Fsp3) is 0.833. The molecule has 4 rings (SSSR count). The molecule has 0 nitrogen and oxygen atoms in total. The van der Waals surface area contributed by atoms with Crippen LogP contribution < -0.4 is 0 Å². The van der Waals surface area contributed by atoms with E-state index in [0.29, 0.717) is 30.6 Å². The Morgan fingerprint density at radius 2 is 2.21 bits per heavy atom. The minimum absolute atomic E-state index is 0.0521. The molecular formula is C12H14F2. The molecule has 6 unspecified atom stereocenters. The maximum atomic E-state index is 14.5. The molecule has 4 bridgehead atoms. The lowest BCUT2D eigenvalue weighted by Gasteiger charge is -2.36. The molecular weight excluding hydrogens is 182 g/mol. The van der Waals surface area contributed by atoms with Crippen LogP contribution >= 0.6 is 0 Å². The predicted molar refractivity (Wildman–Crippen MR) is 49.2 cm³/mol. The molecule has 4 aliphatic rings. The number of hydrogen-bond acceptors (Lipinski definition) is 0. The van der Waals surface area contributed by atoms with Crippen LogP contribution in [-0.2, 0) is 0 Å². The maximum Gasteiger partial charge on any atom is 0.145 e. The van der Waals surface area contributed by atoms with Gasteiger partial charge < -0.3 is 0 Å². The van der Waals surface area contributed by atoms with E-state index >= 15 is 0 Å². The zero-order chi connectivity index (χ0) is 9.50. The largest absolute Gasteiger partial charge is 0.244 e. The van der Waals surface area contributed by atoms with Gasteiger partial charge in [-0.2, -0.15) is 0 Å². The zero-order valence-corrected chi connectivity index (χ0v) is 8.05. The summed E-state index contributed by atoms with van der Waals surface area (Å²) in [5, 5.41) is 0. The Morgan fingerprint density at radius 1 is 1.36 bits per heavy atom. The summed E-state index contributed by atoms with van der Waals surface area (Å²) in [6, 6.07) is 0. The third-order valence-corrected chi connectivity index (χ3v) is 5.17. The Morgan fingerprint density at radius 3 is 3.07 bits per heavy atom. The van der Waals surface area contributed by atoms with E-state index in [9.17, 15) is 8.78 Å². The highest BCUT2D eigenvalue weighted by Gasteiger charge is 2.69. The molecule has 3 saturated carbocycles. The summed E-state index contributed by atoms with van der Waals surface area (Å²) in [6.45, 7) is 0. The van der Waals surface area contributed by atoms with E-state index in [1.165, 1.54) is 5.57 Å². The summed E-state index contributed by atoms with van der Waals surface area (Å²) in [4.78, 5) is 0. The van der Waals surface area contributed by atoms with Crippen molar-refractivity contribution >= 4 is 0 Å². The number of alkyl halides is 2. The minimum Gasteiger partial charge on any atom is -0.244 e. The second-order valence-electron chi connectivity index (χ2n) is 5.62. The summed E-state index contributed by atoms with van der Waals surface area (Å²) in [6.07, 6.45) is 4.22. The van der Waals surface area contributed by atoms with Gasteiger partial charge in [0, 0.05) is 5.92 Å². The second kappa shape index (κ2) is 2.07. The van der Waals surface area contributed by atoms with Crippen LogP contribution in [0.25, 0.3) is 0 Å². The fourth-order valence-corrected chi connectivity index (χ4v) is 4.82. The van der Waals surface area contributed by atoms with Crippen molar-refractivity contribution in [1.82, 2.24) is 0 Å². The first-order valence-electron chi connectivity index (χ1n) is 5.72. The van der Waals surface area contributed by atoms with Crippen molar-refractivity contribution in [2.24, 2.45) is 23.7 Å². The van der Waals surface area contributed by atoms with Gasteiger partial charge in [-0.3, -0.25) is 0 Å². The van der Waals surface area contributed by atoms with Gasteiger partial charge in [0.25, 0.3) is 0 Å². The van der Waals surface area contributed by atoms with Gasteiger partial charge in [0.1, 0.15) is 11.8 Å². The fourth-order valence-electron chi connectivity index (χ4n) is 4.82. The third kappa shape index (κ3) is 0.627. The molecule has 2 heteroatoms. The highest BCUT2D eigenvalue weighted by atomic mass is 19.2. The quantitative estimate of drug-likeness (QED) is 0.412. The summed E-state index contributed by atoms with van der Waals surface area (Å²) in [5.41, 5.74) is 0.0344. The van der Waals surface area contributed by atoms with Crippen molar-refractivity contribution in [3.63, 3.8) is 0 Å². The van der Waals surface area contributed by atoms with Crippen molar-refractivity contribution in [1.29, 1.82) is 0 Å². The van der Waals surface area contributed by atoms with E-state index in [2.05, 4.69) is 6.08 Å². The molecule has 0 saturated heterocycles. The van der Waals surface area contributed by atoms with Crippen molar-refractivity contribution < 1.29 is 8.78 Å². The van der Waals surface area contributed by atoms with Gasteiger partial charge in [0.05, 0.1) is 0 Å². The van der Waals surface area contributed by atoms with Gasteiger partial charge in [-0.25, -0.2) is 8.78 Å². The summed E-state index contributed by atoms with van der Waals surface area (Å²) < 4.78 is 28.1. The summed E-state index contributed by atoms with van der Waals surface area (Å²) in [5.74, 6) is 1.27. The number of halogens is 2. The molecule has 0 spiro atoms. The molecule has 0 aliphatic heterocycles. The lowest BCUT2D eigenvalue weighted by atomic mass is 9.72. The molecule has 6 atom stereocenters. The molecule has 0 N–H and O–H groups in total. The third-order valence-electron chi connectivity index (χ3n) is 5.17. The highest BCUT2D eigenvalue weighted by Crippen LogP contribution is 2.69. The predicted octanol–water partition coefficient (Wildman–Crippen LogP) is 3.04. The Kier molecular flexibility index (Phi) is 1.16. The van der Waals surface area contributed by atoms with Crippen LogP contribution in [0.4, 0.5) is 8.78 Å². The van der Waals surface area contributed by atoms with Gasteiger partial charge in [-0.05, 0) is 43.4 Å². The Hall–Kier alpha value is -0.400. The lowest BCUT2D eigenvalue weighted by molar-refractivity contribution is -0.00978. The average molecular weight is 196 g/mol. The van der Waals surface area contributed by atoms with Crippen LogP contribution in [0.15, 0.2) is 11.6 Å². The average Bonchev–Trinajstić information content (AvgIpc) is 2.80. The highest BCUT2D eigenvalue weighted by molar-refractivity contribution is 5.32. The second-order valence-corrected chi connectivity index (χ2v) is 5.62. The van der Waals surface area contributed by atoms with E-state index in [1.807, 2.05) is 0 Å². The molecule has 76 valence electrons. The van der Waals surface area contributed by atoms with Crippen molar-refractivity contribution in [3.05, 3.63) is 11.6 Å². The van der Waals surface area contributed by atoms with Gasteiger partial charge in [0.15, 0.2) is 0 Å². The maximum absolute atomic E-state index is 14.5. The topological polar surface area (TPSA) is 0 Å². The molecule has 0 aromatic carbocycles. The standard InChI is InChI=1S/C12H14F2/c13-9-4-8-5-12(9,14)11-7-2-1-6(3-7)10(8)11/h1,7-11H,2-5H2. The van der Waals surface area contributed by atoms with Crippen LogP contribution in [0.1, 0.15) is 25.7 Å². The molecule has 0 radical (unpaired) electrons. The summed E-state index contributed by atoms with van der Waals surface area (Å²) >= 11 is 0. The monoisotopic (exact) mass is 196 g/mol. The van der Waals surface area contributed by atoms with E-state index < -0.39 is 11.8 Å². The molecule has 4 aliphatic carbocycles. The van der Waals surface area contributed by atoms with Gasteiger partial charge in [-0.15, -0.1) is 0 Å². The number of fused-ring (bicyclic) bond motifs is 9. The van der Waals surface area contributed by atoms with Crippen LogP contribution in [0.3, 0.4) is 0 Å². The molecule has 14 heavy (non-hydrogen) atoms. The first kappa shape index (κ1) is 7.84. The van der Waals surface area contributed by atoms with Crippen molar-refractivity contribution in [2.45, 2.75) is 37.5 Å². The molecule has 0 amide bonds. The van der Waals surface area contributed by atoms with Crippen LogP contribution in [0, 0.1) is 23.7 Å². The summed E-state index contributed by atoms with van der Waals surface area (Å²) in [7, 11) is 0. The number of hydrogen-bond donors (Lipinski definition) is 0. The van der Waals surface area contributed by atoms with Crippen LogP contribution in [-0.4, -0.2) is 11.8 Å². The van der Waals surface area contributed by atoms with Crippen LogP contribution in [0.2, 0.25) is 0 Å².